The molecule has 5 aromatic carbocycles. The second-order valence-electron chi connectivity index (χ2n) is 21.3. The lowest BCUT2D eigenvalue weighted by atomic mass is 9.90. The number of hydrogen-bond acceptors (Lipinski definition) is 21. The van der Waals surface area contributed by atoms with E-state index in [9.17, 15) is 33.6 Å². The smallest absolute Gasteiger partial charge is 0.344 e. The van der Waals surface area contributed by atoms with E-state index < -0.39 is 53.3 Å². The molecule has 0 saturated carbocycles. The van der Waals surface area contributed by atoms with Gasteiger partial charge in [-0.25, -0.2) is 19.2 Å². The lowest BCUT2D eigenvalue weighted by Gasteiger charge is -2.29. The highest BCUT2D eigenvalue weighted by atomic mass is 16.6. The number of aliphatic hydroxyl groups is 1. The number of nitrogens with one attached hydrogen (secondary N) is 7. The molecule has 2 unspecified atom stereocenters. The lowest BCUT2D eigenvalue weighted by Crippen LogP contribution is -2.62. The maximum Gasteiger partial charge on any atom is 0.344 e. The van der Waals surface area contributed by atoms with Crippen molar-refractivity contribution in [2.75, 3.05) is 53.7 Å². The third-order valence-corrected chi connectivity index (χ3v) is 13.9. The summed E-state index contributed by atoms with van der Waals surface area (Å²) in [6, 6.07) is 40.0. The zero-order chi connectivity index (χ0) is 67.9. The van der Waals surface area contributed by atoms with Gasteiger partial charge in [0.05, 0.1) is 39.6 Å². The summed E-state index contributed by atoms with van der Waals surface area (Å²) in [5.74, 6) is -4.68. The Bertz CT molecular complexity index is 3920. The van der Waals surface area contributed by atoms with Crippen molar-refractivity contribution in [3.63, 3.8) is 0 Å². The maximum atomic E-state index is 12.6. The van der Waals surface area contributed by atoms with Crippen molar-refractivity contribution in [3.05, 3.63) is 181 Å². The van der Waals surface area contributed by atoms with Crippen molar-refractivity contribution in [1.29, 1.82) is 0 Å². The van der Waals surface area contributed by atoms with Crippen LogP contribution in [0.2, 0.25) is 0 Å². The van der Waals surface area contributed by atoms with Crippen LogP contribution in [0.25, 0.3) is 54.5 Å². The molecular formula is C70H103N15O13. The summed E-state index contributed by atoms with van der Waals surface area (Å²) >= 11 is 0. The lowest BCUT2D eigenvalue weighted by molar-refractivity contribution is -0.168. The van der Waals surface area contributed by atoms with Gasteiger partial charge in [0.2, 0.25) is 23.4 Å². The second kappa shape index (κ2) is 45.2. The SMILES string of the molecule is CCOC(=O)C(Cc1c[nH]c2ccccc12)(NC(C)=O)C(=O)OCC.CCOC(=O)C(N)Cc1c[nH]c2ccccc12.CCOC(=O)C(NC(C)=O)C(=O)OCC.CN(C)Cc1c[nH]c2ccccc12.N.N.N.N.N.NC(CO)Cc1c[nH]c2ccccc12.c1ccc2[nH]ccc2c1. The van der Waals surface area contributed by atoms with Gasteiger partial charge in [0, 0.05) is 119 Å². The number of ether oxygens (including phenoxy) is 5. The first-order valence-corrected chi connectivity index (χ1v) is 30.6. The van der Waals surface area contributed by atoms with E-state index in [1.807, 2.05) is 97.5 Å². The first-order valence-electron chi connectivity index (χ1n) is 30.6. The van der Waals surface area contributed by atoms with E-state index in [2.05, 4.69) is 119 Å². The predicted molar refractivity (Wildman–Crippen MR) is 385 cm³/mol. The molecule has 0 saturated heterocycles. The normalized spacial score (nSPS) is 10.8. The van der Waals surface area contributed by atoms with Crippen molar-refractivity contribution in [1.82, 2.24) is 71.2 Å². The number of carbonyl (C=O) groups is 7. The molecule has 0 aliphatic carbocycles. The van der Waals surface area contributed by atoms with Gasteiger partial charge < -0.3 is 111 Å². The van der Waals surface area contributed by atoms with Gasteiger partial charge >= 0.3 is 29.8 Å². The molecule has 5 aromatic heterocycles. The molecule has 5 heterocycles. The zero-order valence-corrected chi connectivity index (χ0v) is 57.8. The summed E-state index contributed by atoms with van der Waals surface area (Å²) in [7, 11) is 4.17. The van der Waals surface area contributed by atoms with Crippen LogP contribution in [0, 0.1) is 0 Å². The summed E-state index contributed by atoms with van der Waals surface area (Å²) in [4.78, 5) is 99.7. The number of nitrogens with zero attached hydrogens (tertiary/aromatic N) is 1. The minimum absolute atomic E-state index is 0. The fraction of sp³-hybridized carbons (Fsp3) is 0.329. The highest BCUT2D eigenvalue weighted by molar-refractivity contribution is 6.08. The molecule has 0 aliphatic rings. The van der Waals surface area contributed by atoms with Crippen LogP contribution < -0.4 is 52.9 Å². The van der Waals surface area contributed by atoms with Crippen molar-refractivity contribution in [2.24, 2.45) is 11.5 Å². The largest absolute Gasteiger partial charge is 0.465 e. The number of H-pyrrole nitrogens is 5. The first-order chi connectivity index (χ1) is 44.7. The third-order valence-electron chi connectivity index (χ3n) is 13.9. The molecule has 10 rings (SSSR count). The molecule has 2 amide bonds. The number of aliphatic hydroxyl groups excluding tert-OH is 1. The summed E-state index contributed by atoms with van der Waals surface area (Å²) in [5.41, 5.74) is 19.3. The number of hydrogen-bond donors (Lipinski definition) is 15. The maximum absolute atomic E-state index is 12.6. The quantitative estimate of drug-likeness (QED) is 0.0181. The van der Waals surface area contributed by atoms with E-state index in [4.69, 9.17) is 30.8 Å². The van der Waals surface area contributed by atoms with E-state index in [0.717, 1.165) is 39.4 Å². The van der Waals surface area contributed by atoms with Gasteiger partial charge in [-0.05, 0) is 119 Å². The van der Waals surface area contributed by atoms with Crippen LogP contribution in [0.5, 0.6) is 0 Å². The predicted octanol–water partition coefficient (Wildman–Crippen LogP) is 9.17. The van der Waals surface area contributed by atoms with Crippen LogP contribution in [0.1, 0.15) is 70.7 Å². The number of nitrogens with two attached hydrogens (primary N) is 2. The minimum Gasteiger partial charge on any atom is -0.465 e. The Morgan fingerprint density at radius 2 is 0.837 bits per heavy atom. The third kappa shape index (κ3) is 26.0. The van der Waals surface area contributed by atoms with Crippen LogP contribution >= 0.6 is 0 Å². The van der Waals surface area contributed by atoms with Gasteiger partial charge in [-0.15, -0.1) is 0 Å². The molecule has 0 aliphatic heterocycles. The number of aromatic amines is 5. The Kier molecular flexibility index (Phi) is 40.5. The van der Waals surface area contributed by atoms with Gasteiger partial charge in [0.1, 0.15) is 6.04 Å². The van der Waals surface area contributed by atoms with Crippen molar-refractivity contribution in [3.8, 4) is 0 Å². The number of para-hydroxylation sites is 5. The van der Waals surface area contributed by atoms with Crippen LogP contribution in [-0.4, -0.2) is 154 Å². The minimum atomic E-state index is -1.93. The fourth-order valence-electron chi connectivity index (χ4n) is 9.73. The van der Waals surface area contributed by atoms with Gasteiger partial charge in [-0.3, -0.25) is 14.4 Å². The second-order valence-corrected chi connectivity index (χ2v) is 21.3. The van der Waals surface area contributed by atoms with E-state index in [1.165, 1.54) is 52.2 Å². The summed E-state index contributed by atoms with van der Waals surface area (Å²) in [6.45, 7) is 12.5. The summed E-state index contributed by atoms with van der Waals surface area (Å²) in [5, 5.41) is 19.2. The van der Waals surface area contributed by atoms with Crippen molar-refractivity contribution >= 4 is 96.2 Å². The Hall–Kier alpha value is -10.3. The van der Waals surface area contributed by atoms with Crippen LogP contribution in [0.4, 0.5) is 0 Å². The van der Waals surface area contributed by atoms with Crippen LogP contribution in [0.3, 0.4) is 0 Å². The number of esters is 5. The van der Waals surface area contributed by atoms with Crippen LogP contribution in [-0.2, 0) is 83.1 Å². The van der Waals surface area contributed by atoms with Crippen molar-refractivity contribution < 1.29 is 62.4 Å². The number of benzene rings is 5. The number of aromatic nitrogens is 5. The standard InChI is InChI=1S/C18H22N2O5.C13H16N2O2.C11H14N2O.C11H14N2.C9H15NO5.C8H7N.5H3N/c1-4-24-16(22)18(20-12(3)21,17(23)25-5-2)10-13-11-19-15-9-7-6-8-14(13)15;1-2-17-13(16)11(14)7-9-8-15-12-6-4-3-5-10(9)12;12-9(7-14)5-8-6-13-11-4-2-1-3-10(8)11;1-13(2)8-9-7-12-11-6-4-3-5-10(9)11;1-4-14-8(12)7(10-6(3)11)9(13)15-5-2;1-2-4-8-7(3-1)5-6-9-8;;;;;/h6-9,11,19H,4-5,10H2,1-3H3,(H,20,21);3-6,8,11,15H,2,7,14H2,1H3;1-4,6,9,13-14H,5,7,12H2;3-7,12H,8H2,1-2H3;7H,4-5H2,1-3H3,(H,10,11);1-6,9H;5*1H3. The number of carbonyl (C=O) groups excluding carboxylic acids is 7. The van der Waals surface area contributed by atoms with E-state index in [0.29, 0.717) is 25.0 Å². The molecule has 0 bridgehead atoms. The molecular weight excluding hydrogens is 1260 g/mol. The molecule has 0 fully saturated rings. The Morgan fingerprint density at radius 1 is 0.469 bits per heavy atom. The molecule has 0 spiro atoms. The van der Waals surface area contributed by atoms with Crippen LogP contribution in [0.15, 0.2) is 158 Å². The molecule has 27 N–H and O–H groups in total. The highest BCUT2D eigenvalue weighted by Gasteiger charge is 2.50. The average Bonchev–Trinajstić information content (AvgIpc) is 1.30. The molecule has 10 aromatic rings. The van der Waals surface area contributed by atoms with E-state index in [-0.39, 0.29) is 82.2 Å². The average molecular weight is 1360 g/mol. The van der Waals surface area contributed by atoms with E-state index in [1.54, 1.807) is 40.8 Å². The van der Waals surface area contributed by atoms with Crippen molar-refractivity contribution in [2.45, 2.75) is 97.9 Å². The number of amides is 2. The highest BCUT2D eigenvalue weighted by Crippen LogP contribution is 2.26. The van der Waals surface area contributed by atoms with E-state index >= 15 is 0 Å². The van der Waals surface area contributed by atoms with Gasteiger partial charge in [0.25, 0.3) is 0 Å². The molecule has 0 radical (unpaired) electrons. The Balaban J connectivity index is 0.00000117. The molecule has 28 heteroatoms. The molecule has 536 valence electrons. The Labute approximate surface area is 571 Å². The summed E-state index contributed by atoms with van der Waals surface area (Å²) in [6.07, 6.45) is 10.7. The molecule has 28 nitrogen and oxygen atoms in total. The fourth-order valence-corrected chi connectivity index (χ4v) is 9.73. The van der Waals surface area contributed by atoms with Gasteiger partial charge in [0.15, 0.2) is 0 Å². The number of fused-ring (bicyclic) bond motifs is 5. The molecule has 98 heavy (non-hydrogen) atoms. The topological polar surface area (TPSA) is 519 Å². The zero-order valence-electron chi connectivity index (χ0n) is 57.8. The van der Waals surface area contributed by atoms with Gasteiger partial charge in [-0.2, -0.15) is 0 Å². The monoisotopic (exact) mass is 1360 g/mol. The van der Waals surface area contributed by atoms with Gasteiger partial charge in [-0.1, -0.05) is 91.0 Å². The molecule has 2 atom stereocenters. The Morgan fingerprint density at radius 3 is 1.23 bits per heavy atom. The first kappa shape index (κ1) is 87.7. The number of rotatable bonds is 21. The summed E-state index contributed by atoms with van der Waals surface area (Å²) < 4.78 is 24.3.